The molecular weight excluding hydrogens is 582 g/mol. The minimum Gasteiger partial charge on any atom is -0.756 e. The van der Waals surface area contributed by atoms with Crippen LogP contribution in [0.4, 0.5) is 5.82 Å². The van der Waals surface area contributed by atoms with Gasteiger partial charge in [-0.1, -0.05) is 10.1 Å². The summed E-state index contributed by atoms with van der Waals surface area (Å²) in [5.41, 5.74) is 13.7. The third-order valence-corrected chi connectivity index (χ3v) is 9.96. The molecule has 6 rings (SSSR count). The molecule has 2 unspecified atom stereocenters. The van der Waals surface area contributed by atoms with Gasteiger partial charge in [0.05, 0.1) is 19.3 Å². The number of aromatic nitrogens is 4. The molecule has 8 bridgehead atoms. The van der Waals surface area contributed by atoms with Crippen molar-refractivity contribution in [3.8, 4) is 0 Å². The number of aliphatic hydroxyl groups is 4. The number of aliphatic hydroxyl groups excluding tert-OH is 4. The van der Waals surface area contributed by atoms with Gasteiger partial charge in [-0.2, -0.15) is 0 Å². The van der Waals surface area contributed by atoms with E-state index in [9.17, 15) is 39.3 Å². The van der Waals surface area contributed by atoms with E-state index in [0.29, 0.717) is 0 Å². The monoisotopic (exact) mass is 608 g/mol. The molecule has 0 aromatic carbocycles. The molecule has 2 aromatic rings. The first kappa shape index (κ1) is 29.2. The molecule has 4 aliphatic rings. The van der Waals surface area contributed by atoms with Gasteiger partial charge in [0.25, 0.3) is 13.6 Å². The van der Waals surface area contributed by atoms with Gasteiger partial charge in [-0.05, 0) is 18.4 Å². The topological polar surface area (TPSA) is 305 Å². The van der Waals surface area contributed by atoms with Gasteiger partial charge in [0.2, 0.25) is 12.0 Å². The second kappa shape index (κ2) is 10.5. The Balaban J connectivity index is 1.61. The van der Waals surface area contributed by atoms with Crippen LogP contribution in [-0.2, 0) is 27.2 Å². The van der Waals surface area contributed by atoms with E-state index < -0.39 is 77.1 Å². The van der Waals surface area contributed by atoms with Crippen LogP contribution < -0.4 is 15.2 Å². The summed E-state index contributed by atoms with van der Waals surface area (Å²) in [6.45, 7) is -1.95. The average molecular weight is 608 g/mol. The van der Waals surface area contributed by atoms with E-state index in [1.807, 2.05) is 0 Å². The van der Waals surface area contributed by atoms with Crippen molar-refractivity contribution in [2.75, 3.05) is 25.5 Å². The Bertz CT molecular complexity index is 1440. The smallest absolute Gasteiger partial charge is 0.478 e. The fraction of sp³-hybridized carbons (Fsp3) is 0.722. The summed E-state index contributed by atoms with van der Waals surface area (Å²) < 4.78 is 46.8. The number of ether oxygens (including phenoxy) is 1. The highest BCUT2D eigenvalue weighted by molar-refractivity contribution is 7.60. The van der Waals surface area contributed by atoms with Gasteiger partial charge >= 0.3 is 7.82 Å². The summed E-state index contributed by atoms with van der Waals surface area (Å²) in [6, 6.07) is -1.00. The zero-order chi connectivity index (χ0) is 29.0. The zero-order valence-corrected chi connectivity index (χ0v) is 22.2. The fourth-order valence-corrected chi connectivity index (χ4v) is 7.48. The molecule has 220 valence electrons. The predicted octanol–water partition coefficient (Wildman–Crippen LogP) is -2.09. The average Bonchev–Trinajstić information content (AvgIpc) is 3.51. The van der Waals surface area contributed by atoms with E-state index in [1.165, 1.54) is 21.8 Å². The Hall–Kier alpha value is -2.28. The lowest BCUT2D eigenvalue weighted by Crippen LogP contribution is -2.48. The van der Waals surface area contributed by atoms with Crippen molar-refractivity contribution < 1.29 is 62.0 Å². The Kier molecular flexibility index (Phi) is 7.69. The van der Waals surface area contributed by atoms with Gasteiger partial charge in [-0.3, -0.25) is 13.7 Å². The maximum Gasteiger partial charge on any atom is 0.478 e. The molecule has 3 aliphatic heterocycles. The lowest BCUT2D eigenvalue weighted by atomic mass is 9.81. The van der Waals surface area contributed by atoms with Gasteiger partial charge in [0.1, 0.15) is 36.8 Å². The summed E-state index contributed by atoms with van der Waals surface area (Å²) >= 11 is 0. The highest BCUT2D eigenvalue weighted by Gasteiger charge is 2.56. The summed E-state index contributed by atoms with van der Waals surface area (Å²) in [4.78, 5) is 33.6. The molecule has 22 heteroatoms. The molecule has 0 radical (unpaired) electrons. The molecule has 0 amide bonds. The SMILES string of the molecule is [N-]=[N+]=NCC[C@]12COP(=O)(O)OP(=O)([O-])OC[C@H]3O[C@H]([C@H](O)[C@@H]3O)n3cnc4c(N)[n+](cnc43)[C@H](C1)[C@H](O)[C@@H]2O. The minimum absolute atomic E-state index is 0.00995. The third-order valence-electron chi connectivity index (χ3n) is 7.41. The molecule has 0 spiro atoms. The summed E-state index contributed by atoms with van der Waals surface area (Å²) in [5, 5.41) is 46.5. The van der Waals surface area contributed by atoms with E-state index in [0.717, 1.165) is 0 Å². The van der Waals surface area contributed by atoms with Crippen LogP contribution in [0.2, 0.25) is 0 Å². The number of phosphoric acid groups is 2. The molecule has 10 atom stereocenters. The molecule has 1 saturated carbocycles. The van der Waals surface area contributed by atoms with Crippen LogP contribution in [0.3, 0.4) is 0 Å². The molecule has 2 fully saturated rings. The number of imidazole rings is 1. The second-order valence-corrected chi connectivity index (χ2v) is 12.7. The molecule has 7 N–H and O–H groups in total. The van der Waals surface area contributed by atoms with Crippen LogP contribution in [0, 0.1) is 5.41 Å². The number of nitrogens with two attached hydrogens (primary N) is 1. The first-order valence-corrected chi connectivity index (χ1v) is 14.8. The van der Waals surface area contributed by atoms with Crippen molar-refractivity contribution in [3.63, 3.8) is 0 Å². The number of nitrogen functional groups attached to an aromatic ring is 1. The maximum absolute atomic E-state index is 12.6. The molecule has 40 heavy (non-hydrogen) atoms. The summed E-state index contributed by atoms with van der Waals surface area (Å²) in [7, 11) is -11.0. The summed E-state index contributed by atoms with van der Waals surface area (Å²) in [5.74, 6) is -0.00995. The standard InChI is InChI=1S/C18H26N8O12P2/c19-15-10-16-22-7-25(15)8-3-18(1-2-23-24-20,14(30)11(8)27)5-36-40(33,34)38-39(31,32)35-4-9-12(28)13(29)17(37-9)26(16)6-21-10/h6-9,11-14,17,19,27-30H,1-5H2,(H2,31,32,33,34)/t8-,9-,11+,12-,13-,14+,17-,18-/m1/s1. The van der Waals surface area contributed by atoms with Crippen molar-refractivity contribution >= 4 is 32.6 Å². The first-order chi connectivity index (χ1) is 18.8. The quantitative estimate of drug-likeness (QED) is 0.0715. The second-order valence-electron chi connectivity index (χ2n) is 9.75. The Morgan fingerprint density at radius 2 is 2.00 bits per heavy atom. The van der Waals surface area contributed by atoms with Gasteiger partial charge in [-0.25, -0.2) is 18.4 Å². The number of fused-ring (bicyclic) bond motifs is 7. The van der Waals surface area contributed by atoms with Crippen LogP contribution >= 0.6 is 15.6 Å². The van der Waals surface area contributed by atoms with Gasteiger partial charge in [-0.15, -0.1) is 0 Å². The fourth-order valence-electron chi connectivity index (χ4n) is 5.34. The number of anilines is 1. The molecule has 1 aliphatic carbocycles. The lowest BCUT2D eigenvalue weighted by molar-refractivity contribution is -0.717. The summed E-state index contributed by atoms with van der Waals surface area (Å²) in [6.07, 6.45) is -7.05. The Labute approximate surface area is 224 Å². The van der Waals surface area contributed by atoms with Crippen molar-refractivity contribution in [2.24, 2.45) is 10.5 Å². The van der Waals surface area contributed by atoms with Crippen LogP contribution in [0.5, 0.6) is 0 Å². The highest BCUT2D eigenvalue weighted by atomic mass is 31.3. The van der Waals surface area contributed by atoms with Crippen molar-refractivity contribution in [1.29, 1.82) is 0 Å². The van der Waals surface area contributed by atoms with Crippen LogP contribution in [0.1, 0.15) is 25.1 Å². The number of azide groups is 1. The number of nitrogens with zero attached hydrogens (tertiary/aromatic N) is 7. The van der Waals surface area contributed by atoms with Crippen molar-refractivity contribution in [1.82, 2.24) is 14.5 Å². The molecule has 20 nitrogen and oxygen atoms in total. The number of hydrogen-bond donors (Lipinski definition) is 6. The van der Waals surface area contributed by atoms with E-state index in [4.69, 9.17) is 20.5 Å². The van der Waals surface area contributed by atoms with Crippen molar-refractivity contribution in [3.05, 3.63) is 23.1 Å². The Morgan fingerprint density at radius 1 is 1.25 bits per heavy atom. The minimum atomic E-state index is -5.56. The zero-order valence-electron chi connectivity index (χ0n) is 20.4. The van der Waals surface area contributed by atoms with Crippen LogP contribution in [0.15, 0.2) is 17.8 Å². The largest absolute Gasteiger partial charge is 0.756 e. The van der Waals surface area contributed by atoms with Crippen molar-refractivity contribution in [2.45, 2.75) is 55.6 Å². The molecule has 2 aromatic heterocycles. The highest BCUT2D eigenvalue weighted by Crippen LogP contribution is 2.60. The van der Waals surface area contributed by atoms with Gasteiger partial charge in [0, 0.05) is 16.9 Å². The van der Waals surface area contributed by atoms with Gasteiger partial charge in [0.15, 0.2) is 11.7 Å². The van der Waals surface area contributed by atoms with E-state index >= 15 is 0 Å². The predicted molar refractivity (Wildman–Crippen MR) is 125 cm³/mol. The van der Waals surface area contributed by atoms with E-state index in [2.05, 4.69) is 28.8 Å². The van der Waals surface area contributed by atoms with Crippen LogP contribution in [0.25, 0.3) is 21.6 Å². The molecule has 1 saturated heterocycles. The molecular formula is C18H26N8O12P2. The van der Waals surface area contributed by atoms with Crippen LogP contribution in [-0.4, -0.2) is 90.1 Å². The maximum atomic E-state index is 12.6. The normalized spacial score (nSPS) is 42.1. The number of phosphoric ester groups is 2. The number of rotatable bonds is 3. The molecule has 5 heterocycles. The number of hydrogen-bond acceptors (Lipinski definition) is 15. The lowest BCUT2D eigenvalue weighted by Gasteiger charge is -2.33. The van der Waals surface area contributed by atoms with Gasteiger partial charge < -0.3 is 45.2 Å². The van der Waals surface area contributed by atoms with E-state index in [1.54, 1.807) is 0 Å². The third kappa shape index (κ3) is 5.12. The van der Waals surface area contributed by atoms with E-state index in [-0.39, 0.29) is 36.4 Å². The first-order valence-electron chi connectivity index (χ1n) is 11.8. The Morgan fingerprint density at radius 3 is 2.73 bits per heavy atom.